The summed E-state index contributed by atoms with van der Waals surface area (Å²) in [5.41, 5.74) is 2.31. The summed E-state index contributed by atoms with van der Waals surface area (Å²) in [7, 11) is 0. The maximum absolute atomic E-state index is 5.31. The standard InChI is InChI=1S/C17H26N2S2/c1-14-8-10-15(11-9-14)19-17(20)18-12-5-13-21-16-6-3-2-4-7-16/h8-11,16H,2-7,12-13H2,1H3,(H2,18,19,20). The molecule has 1 aromatic rings. The summed E-state index contributed by atoms with van der Waals surface area (Å²) in [6.07, 6.45) is 8.33. The highest BCUT2D eigenvalue weighted by Gasteiger charge is 2.12. The predicted octanol–water partition coefficient (Wildman–Crippen LogP) is 4.74. The molecule has 0 aromatic heterocycles. The lowest BCUT2D eigenvalue weighted by Crippen LogP contribution is -2.29. The van der Waals surface area contributed by atoms with Crippen LogP contribution in [-0.4, -0.2) is 22.7 Å². The number of nitrogens with one attached hydrogen (secondary N) is 2. The van der Waals surface area contributed by atoms with Gasteiger partial charge in [0, 0.05) is 17.5 Å². The van der Waals surface area contributed by atoms with Gasteiger partial charge in [-0.25, -0.2) is 0 Å². The van der Waals surface area contributed by atoms with Gasteiger partial charge in [-0.2, -0.15) is 11.8 Å². The Bertz CT molecular complexity index is 425. The number of thiocarbonyl (C=S) groups is 1. The molecule has 0 saturated heterocycles. The third kappa shape index (κ3) is 6.70. The van der Waals surface area contributed by atoms with Crippen molar-refractivity contribution in [3.05, 3.63) is 29.8 Å². The molecule has 0 radical (unpaired) electrons. The fourth-order valence-electron chi connectivity index (χ4n) is 2.57. The van der Waals surface area contributed by atoms with Gasteiger partial charge in [-0.3, -0.25) is 0 Å². The van der Waals surface area contributed by atoms with Gasteiger partial charge in [0.15, 0.2) is 5.11 Å². The molecule has 1 aliphatic carbocycles. The van der Waals surface area contributed by atoms with E-state index in [4.69, 9.17) is 12.2 Å². The zero-order chi connectivity index (χ0) is 14.9. The molecule has 1 aromatic carbocycles. The maximum atomic E-state index is 5.31. The van der Waals surface area contributed by atoms with Gasteiger partial charge in [-0.1, -0.05) is 37.0 Å². The molecule has 1 saturated carbocycles. The molecule has 0 spiro atoms. The normalized spacial score (nSPS) is 15.7. The van der Waals surface area contributed by atoms with Crippen molar-refractivity contribution in [2.45, 2.75) is 50.7 Å². The fourth-order valence-corrected chi connectivity index (χ4v) is 4.10. The van der Waals surface area contributed by atoms with Crippen molar-refractivity contribution in [3.8, 4) is 0 Å². The largest absolute Gasteiger partial charge is 0.362 e. The summed E-state index contributed by atoms with van der Waals surface area (Å²) in [6.45, 7) is 3.04. The van der Waals surface area contributed by atoms with Gasteiger partial charge in [-0.15, -0.1) is 0 Å². The molecular weight excluding hydrogens is 296 g/mol. The topological polar surface area (TPSA) is 24.1 Å². The molecule has 116 valence electrons. The number of hydrogen-bond acceptors (Lipinski definition) is 2. The molecule has 0 unspecified atom stereocenters. The Kier molecular flexibility index (Phi) is 7.37. The van der Waals surface area contributed by atoms with Crippen LogP contribution >= 0.6 is 24.0 Å². The van der Waals surface area contributed by atoms with Gasteiger partial charge in [0.05, 0.1) is 0 Å². The average Bonchev–Trinajstić information content (AvgIpc) is 2.50. The smallest absolute Gasteiger partial charge is 0.170 e. The molecule has 0 bridgehead atoms. The third-order valence-electron chi connectivity index (χ3n) is 3.82. The molecule has 0 atom stereocenters. The van der Waals surface area contributed by atoms with Gasteiger partial charge in [0.2, 0.25) is 0 Å². The number of benzene rings is 1. The van der Waals surface area contributed by atoms with Crippen LogP contribution in [-0.2, 0) is 0 Å². The number of rotatable bonds is 6. The minimum Gasteiger partial charge on any atom is -0.362 e. The Labute approximate surface area is 138 Å². The molecule has 2 N–H and O–H groups in total. The van der Waals surface area contributed by atoms with E-state index < -0.39 is 0 Å². The van der Waals surface area contributed by atoms with E-state index >= 15 is 0 Å². The highest BCUT2D eigenvalue weighted by Crippen LogP contribution is 2.28. The van der Waals surface area contributed by atoms with Crippen molar-refractivity contribution in [2.75, 3.05) is 17.6 Å². The Hall–Kier alpha value is -0.740. The van der Waals surface area contributed by atoms with E-state index in [1.165, 1.54) is 49.8 Å². The molecule has 2 rings (SSSR count). The molecule has 1 fully saturated rings. The third-order valence-corrected chi connectivity index (χ3v) is 5.54. The summed E-state index contributed by atoms with van der Waals surface area (Å²) < 4.78 is 0. The van der Waals surface area contributed by atoms with Crippen LogP contribution in [0.15, 0.2) is 24.3 Å². The molecule has 0 aliphatic heterocycles. The second-order valence-corrected chi connectivity index (χ2v) is 7.55. The van der Waals surface area contributed by atoms with E-state index in [-0.39, 0.29) is 0 Å². The van der Waals surface area contributed by atoms with Gasteiger partial charge in [0.1, 0.15) is 0 Å². The summed E-state index contributed by atoms with van der Waals surface area (Å²) in [6, 6.07) is 8.29. The van der Waals surface area contributed by atoms with Gasteiger partial charge in [-0.05, 0) is 56.3 Å². The Balaban J connectivity index is 1.53. The zero-order valence-corrected chi connectivity index (χ0v) is 14.5. The lowest BCUT2D eigenvalue weighted by molar-refractivity contribution is 0.516. The number of thioether (sulfide) groups is 1. The van der Waals surface area contributed by atoms with Crippen LogP contribution in [0.4, 0.5) is 5.69 Å². The first-order valence-corrected chi connectivity index (χ1v) is 9.43. The van der Waals surface area contributed by atoms with E-state index in [0.717, 1.165) is 22.6 Å². The van der Waals surface area contributed by atoms with Crippen molar-refractivity contribution in [1.82, 2.24) is 5.32 Å². The lowest BCUT2D eigenvalue weighted by Gasteiger charge is -2.20. The van der Waals surface area contributed by atoms with Crippen molar-refractivity contribution in [2.24, 2.45) is 0 Å². The first kappa shape index (κ1) is 16.6. The van der Waals surface area contributed by atoms with Crippen LogP contribution in [0.5, 0.6) is 0 Å². The van der Waals surface area contributed by atoms with E-state index in [9.17, 15) is 0 Å². The molecular formula is C17H26N2S2. The lowest BCUT2D eigenvalue weighted by atomic mass is 10.0. The van der Waals surface area contributed by atoms with Crippen LogP contribution in [0.1, 0.15) is 44.1 Å². The maximum Gasteiger partial charge on any atom is 0.170 e. The summed E-state index contributed by atoms with van der Waals surface area (Å²) >= 11 is 7.47. The van der Waals surface area contributed by atoms with E-state index in [1.807, 2.05) is 0 Å². The van der Waals surface area contributed by atoms with Crippen LogP contribution in [0.25, 0.3) is 0 Å². The first-order valence-electron chi connectivity index (χ1n) is 7.97. The summed E-state index contributed by atoms with van der Waals surface area (Å²) in [5, 5.41) is 8.15. The van der Waals surface area contributed by atoms with Crippen molar-refractivity contribution in [3.63, 3.8) is 0 Å². The van der Waals surface area contributed by atoms with E-state index in [1.54, 1.807) is 0 Å². The minimum absolute atomic E-state index is 0.724. The van der Waals surface area contributed by atoms with E-state index in [2.05, 4.69) is 53.6 Å². The first-order chi connectivity index (χ1) is 10.2. The summed E-state index contributed by atoms with van der Waals surface area (Å²) in [4.78, 5) is 0. The Morgan fingerprint density at radius 1 is 1.19 bits per heavy atom. The molecule has 4 heteroatoms. The SMILES string of the molecule is Cc1ccc(NC(=S)NCCCSC2CCCCC2)cc1. The Morgan fingerprint density at radius 2 is 1.90 bits per heavy atom. The highest BCUT2D eigenvalue weighted by atomic mass is 32.2. The van der Waals surface area contributed by atoms with Crippen molar-refractivity contribution >= 4 is 34.8 Å². The highest BCUT2D eigenvalue weighted by molar-refractivity contribution is 7.99. The Morgan fingerprint density at radius 3 is 2.62 bits per heavy atom. The van der Waals surface area contributed by atoms with Crippen LogP contribution in [0, 0.1) is 6.92 Å². The molecule has 0 amide bonds. The van der Waals surface area contributed by atoms with Gasteiger partial charge >= 0.3 is 0 Å². The van der Waals surface area contributed by atoms with Gasteiger partial charge < -0.3 is 10.6 Å². The second kappa shape index (κ2) is 9.31. The molecule has 2 nitrogen and oxygen atoms in total. The van der Waals surface area contributed by atoms with Crippen LogP contribution in [0.3, 0.4) is 0 Å². The number of aryl methyl sites for hydroxylation is 1. The number of anilines is 1. The quantitative estimate of drug-likeness (QED) is 0.583. The zero-order valence-electron chi connectivity index (χ0n) is 12.9. The summed E-state index contributed by atoms with van der Waals surface area (Å²) in [5.74, 6) is 1.24. The van der Waals surface area contributed by atoms with Crippen LogP contribution < -0.4 is 10.6 Å². The average molecular weight is 323 g/mol. The molecule has 21 heavy (non-hydrogen) atoms. The predicted molar refractivity (Wildman–Crippen MR) is 99.4 cm³/mol. The fraction of sp³-hybridized carbons (Fsp3) is 0.588. The van der Waals surface area contributed by atoms with Crippen LogP contribution in [0.2, 0.25) is 0 Å². The van der Waals surface area contributed by atoms with Gasteiger partial charge in [0.25, 0.3) is 0 Å². The van der Waals surface area contributed by atoms with E-state index in [0.29, 0.717) is 0 Å². The number of hydrogen-bond donors (Lipinski definition) is 2. The van der Waals surface area contributed by atoms with Crippen molar-refractivity contribution in [1.29, 1.82) is 0 Å². The minimum atomic E-state index is 0.724. The monoisotopic (exact) mass is 322 g/mol. The molecule has 1 aliphatic rings. The second-order valence-electron chi connectivity index (χ2n) is 5.73. The molecule has 0 heterocycles. The van der Waals surface area contributed by atoms with Crippen molar-refractivity contribution < 1.29 is 0 Å².